The van der Waals surface area contributed by atoms with E-state index in [1.54, 1.807) is 42.5 Å². The van der Waals surface area contributed by atoms with Crippen molar-refractivity contribution >= 4 is 66.7 Å². The first-order valence-electron chi connectivity index (χ1n) is 11.2. The molecule has 7 nitrogen and oxygen atoms in total. The van der Waals surface area contributed by atoms with Crippen LogP contribution in [0.2, 0.25) is 10.0 Å². The van der Waals surface area contributed by atoms with E-state index < -0.39 is 28.5 Å². The summed E-state index contributed by atoms with van der Waals surface area (Å²) in [5.41, 5.74) is 1.01. The number of hydrogen-bond acceptors (Lipinski definition) is 4. The summed E-state index contributed by atoms with van der Waals surface area (Å²) in [7, 11) is -3.78. The summed E-state index contributed by atoms with van der Waals surface area (Å²) in [6, 6.07) is 10.8. The third-order valence-corrected chi connectivity index (χ3v) is 7.75. The number of nitrogens with one attached hydrogen (secondary N) is 1. The maximum atomic E-state index is 13.6. The molecule has 0 aliphatic rings. The summed E-state index contributed by atoms with van der Waals surface area (Å²) >= 11 is 15.5. The lowest BCUT2D eigenvalue weighted by Crippen LogP contribution is -2.52. The molecule has 2 rings (SSSR count). The molecular weight excluding hydrogens is 577 g/mol. The summed E-state index contributed by atoms with van der Waals surface area (Å²) in [5.74, 6) is -0.800. The number of nitrogens with zero attached hydrogens (tertiary/aromatic N) is 2. The number of rotatable bonds is 12. The first kappa shape index (κ1) is 29.4. The van der Waals surface area contributed by atoms with Gasteiger partial charge in [-0.2, -0.15) is 0 Å². The van der Waals surface area contributed by atoms with Crippen LogP contribution in [0.3, 0.4) is 0 Å². The van der Waals surface area contributed by atoms with Crippen LogP contribution in [0.5, 0.6) is 0 Å². The third-order valence-electron chi connectivity index (χ3n) is 5.35. The van der Waals surface area contributed by atoms with E-state index in [-0.39, 0.29) is 12.5 Å². The molecule has 0 bridgehead atoms. The van der Waals surface area contributed by atoms with Crippen molar-refractivity contribution in [3.8, 4) is 0 Å². The van der Waals surface area contributed by atoms with Crippen LogP contribution in [0.15, 0.2) is 46.9 Å². The Morgan fingerprint density at radius 2 is 1.71 bits per heavy atom. The highest BCUT2D eigenvalue weighted by molar-refractivity contribution is 9.10. The Bertz CT molecular complexity index is 1130. The van der Waals surface area contributed by atoms with Gasteiger partial charge in [0.2, 0.25) is 21.8 Å². The predicted octanol–water partition coefficient (Wildman–Crippen LogP) is 5.25. The average Bonchev–Trinajstić information content (AvgIpc) is 2.79. The molecule has 0 aliphatic heterocycles. The molecule has 0 saturated carbocycles. The maximum absolute atomic E-state index is 13.6. The number of carbonyl (C=O) groups excluding carboxylic acids is 2. The minimum Gasteiger partial charge on any atom is -0.354 e. The first-order valence-corrected chi connectivity index (χ1v) is 14.6. The van der Waals surface area contributed by atoms with Crippen LogP contribution in [0.4, 0.5) is 5.69 Å². The second-order valence-corrected chi connectivity index (χ2v) is 11.7. The molecule has 2 aromatic rings. The lowest BCUT2D eigenvalue weighted by atomic mass is 10.1. The van der Waals surface area contributed by atoms with Gasteiger partial charge in [-0.05, 0) is 54.8 Å². The number of sulfonamides is 1. The van der Waals surface area contributed by atoms with Crippen molar-refractivity contribution in [3.05, 3.63) is 62.5 Å². The quantitative estimate of drug-likeness (QED) is 0.335. The molecule has 192 valence electrons. The fourth-order valence-corrected chi connectivity index (χ4v) is 4.92. The van der Waals surface area contributed by atoms with Gasteiger partial charge >= 0.3 is 0 Å². The molecule has 1 N–H and O–H groups in total. The van der Waals surface area contributed by atoms with E-state index in [1.807, 2.05) is 13.8 Å². The molecule has 2 aromatic carbocycles. The third kappa shape index (κ3) is 8.66. The molecule has 0 heterocycles. The summed E-state index contributed by atoms with van der Waals surface area (Å²) in [4.78, 5) is 28.0. The maximum Gasteiger partial charge on any atom is 0.244 e. The van der Waals surface area contributed by atoms with Crippen molar-refractivity contribution in [3.63, 3.8) is 0 Å². The Hall–Kier alpha value is -1.81. The van der Waals surface area contributed by atoms with Gasteiger partial charge in [0.1, 0.15) is 12.6 Å². The van der Waals surface area contributed by atoms with Crippen molar-refractivity contribution in [2.45, 2.75) is 45.7 Å². The van der Waals surface area contributed by atoms with Crippen LogP contribution in [0, 0.1) is 0 Å². The molecule has 35 heavy (non-hydrogen) atoms. The van der Waals surface area contributed by atoms with Gasteiger partial charge in [0.05, 0.1) is 22.0 Å². The van der Waals surface area contributed by atoms with Crippen LogP contribution < -0.4 is 9.62 Å². The normalized spacial score (nSPS) is 12.2. The Labute approximate surface area is 225 Å². The zero-order chi connectivity index (χ0) is 26.2. The monoisotopic (exact) mass is 605 g/mol. The molecule has 1 unspecified atom stereocenters. The van der Waals surface area contributed by atoms with Crippen LogP contribution >= 0.6 is 39.1 Å². The molecule has 2 amide bonds. The molecule has 0 spiro atoms. The van der Waals surface area contributed by atoms with Gasteiger partial charge in [0.25, 0.3) is 0 Å². The van der Waals surface area contributed by atoms with Gasteiger partial charge in [0, 0.05) is 17.6 Å². The number of amides is 2. The smallest absolute Gasteiger partial charge is 0.244 e. The number of unbranched alkanes of at least 4 members (excludes halogenated alkanes) is 1. The molecule has 0 aromatic heterocycles. The van der Waals surface area contributed by atoms with Crippen molar-refractivity contribution in [1.82, 2.24) is 10.2 Å². The molecular formula is C24H30BrCl2N3O4S. The van der Waals surface area contributed by atoms with Crippen molar-refractivity contribution in [1.29, 1.82) is 0 Å². The summed E-state index contributed by atoms with van der Waals surface area (Å²) < 4.78 is 27.0. The van der Waals surface area contributed by atoms with Crippen LogP contribution in [-0.2, 0) is 26.2 Å². The van der Waals surface area contributed by atoms with E-state index >= 15 is 0 Å². The summed E-state index contributed by atoms with van der Waals surface area (Å²) in [5, 5.41) is 3.58. The standard InChI is InChI=1S/C24H30BrCl2N3O4S/c1-4-6-13-28-24(32)22(5-2)29(15-17-7-12-20(26)21(27)14-17)23(31)16-30(35(3,33)34)19-10-8-18(25)9-11-19/h7-12,14,22H,4-6,13,15-16H2,1-3H3,(H,28,32). The SMILES string of the molecule is CCCCNC(=O)C(CC)N(Cc1ccc(Cl)c(Cl)c1)C(=O)CN(c1ccc(Br)cc1)S(C)(=O)=O. The number of anilines is 1. The van der Waals surface area contributed by atoms with Gasteiger partial charge < -0.3 is 10.2 Å². The molecule has 11 heteroatoms. The second kappa shape index (κ2) is 13.5. The molecule has 0 saturated heterocycles. The van der Waals surface area contributed by atoms with E-state index in [1.165, 1.54) is 4.90 Å². The fraction of sp³-hybridized carbons (Fsp3) is 0.417. The van der Waals surface area contributed by atoms with Crippen LogP contribution in [0.1, 0.15) is 38.7 Å². The fourth-order valence-electron chi connectivity index (χ4n) is 3.48. The number of carbonyl (C=O) groups is 2. The van der Waals surface area contributed by atoms with E-state index in [2.05, 4.69) is 21.2 Å². The molecule has 0 aliphatic carbocycles. The van der Waals surface area contributed by atoms with Crippen LogP contribution in [0.25, 0.3) is 0 Å². The molecule has 0 fully saturated rings. The molecule has 0 radical (unpaired) electrons. The number of hydrogen-bond donors (Lipinski definition) is 1. The Morgan fingerprint density at radius 1 is 1.06 bits per heavy atom. The van der Waals surface area contributed by atoms with Gasteiger partial charge in [-0.3, -0.25) is 13.9 Å². The van der Waals surface area contributed by atoms with E-state index in [4.69, 9.17) is 23.2 Å². The molecule has 1 atom stereocenters. The van der Waals surface area contributed by atoms with E-state index in [9.17, 15) is 18.0 Å². The van der Waals surface area contributed by atoms with Gasteiger partial charge in [-0.25, -0.2) is 8.42 Å². The van der Waals surface area contributed by atoms with Crippen molar-refractivity contribution in [2.75, 3.05) is 23.7 Å². The zero-order valence-corrected chi connectivity index (χ0v) is 23.8. The first-order chi connectivity index (χ1) is 16.5. The Morgan fingerprint density at radius 3 is 2.26 bits per heavy atom. The minimum atomic E-state index is -3.78. The average molecular weight is 607 g/mol. The highest BCUT2D eigenvalue weighted by Crippen LogP contribution is 2.25. The van der Waals surface area contributed by atoms with Gasteiger partial charge in [0.15, 0.2) is 0 Å². The highest BCUT2D eigenvalue weighted by Gasteiger charge is 2.31. The lowest BCUT2D eigenvalue weighted by molar-refractivity contribution is -0.140. The van der Waals surface area contributed by atoms with E-state index in [0.717, 1.165) is 27.9 Å². The van der Waals surface area contributed by atoms with Gasteiger partial charge in [-0.1, -0.05) is 65.5 Å². The number of benzene rings is 2. The largest absolute Gasteiger partial charge is 0.354 e. The summed E-state index contributed by atoms with van der Waals surface area (Å²) in [6.45, 7) is 3.93. The topological polar surface area (TPSA) is 86.8 Å². The van der Waals surface area contributed by atoms with Crippen LogP contribution in [-0.4, -0.2) is 50.5 Å². The predicted molar refractivity (Wildman–Crippen MR) is 145 cm³/mol. The van der Waals surface area contributed by atoms with Crippen molar-refractivity contribution in [2.24, 2.45) is 0 Å². The van der Waals surface area contributed by atoms with Crippen molar-refractivity contribution < 1.29 is 18.0 Å². The lowest BCUT2D eigenvalue weighted by Gasteiger charge is -2.33. The van der Waals surface area contributed by atoms with Gasteiger partial charge in [-0.15, -0.1) is 0 Å². The second-order valence-electron chi connectivity index (χ2n) is 8.08. The Balaban J connectivity index is 2.41. The highest BCUT2D eigenvalue weighted by atomic mass is 79.9. The summed E-state index contributed by atoms with van der Waals surface area (Å²) in [6.07, 6.45) is 3.12. The van der Waals surface area contributed by atoms with E-state index in [0.29, 0.717) is 34.3 Å². The zero-order valence-electron chi connectivity index (χ0n) is 19.9. The minimum absolute atomic E-state index is 0.0629. The number of halogens is 3. The Kier molecular flexibility index (Phi) is 11.3.